The Morgan fingerprint density at radius 2 is 1.39 bits per heavy atom. The van der Waals surface area contributed by atoms with E-state index in [9.17, 15) is 8.78 Å². The zero-order valence-electron chi connectivity index (χ0n) is 18.5. The van der Waals surface area contributed by atoms with Crippen LogP contribution in [0.3, 0.4) is 0 Å². The molecule has 5 heteroatoms. The number of fused-ring (bicyclic) bond motifs is 3. The number of aryl methyl sites for hydroxylation is 2. The van der Waals surface area contributed by atoms with Crippen LogP contribution in [0.5, 0.6) is 5.75 Å². The maximum atomic E-state index is 15.3. The topological polar surface area (TPSA) is 9.23 Å². The fourth-order valence-corrected chi connectivity index (χ4v) is 4.33. The van der Waals surface area contributed by atoms with Crippen LogP contribution in [0.4, 0.5) is 17.6 Å². The molecule has 2 atom stereocenters. The summed E-state index contributed by atoms with van der Waals surface area (Å²) in [6.07, 6.45) is 0.135. The summed E-state index contributed by atoms with van der Waals surface area (Å²) >= 11 is 0. The van der Waals surface area contributed by atoms with Crippen LogP contribution in [0.1, 0.15) is 59.9 Å². The number of hydrogen-bond acceptors (Lipinski definition) is 1. The zero-order valence-corrected chi connectivity index (χ0v) is 18.5. The molecule has 33 heavy (non-hydrogen) atoms. The van der Waals surface area contributed by atoms with E-state index in [0.29, 0.717) is 24.2 Å². The molecule has 0 N–H and O–H groups in total. The fourth-order valence-electron chi connectivity index (χ4n) is 4.33. The van der Waals surface area contributed by atoms with E-state index in [2.05, 4.69) is 6.58 Å². The van der Waals surface area contributed by atoms with E-state index in [1.165, 1.54) is 12.1 Å². The van der Waals surface area contributed by atoms with Crippen molar-refractivity contribution in [3.05, 3.63) is 101 Å². The first-order valence-corrected chi connectivity index (χ1v) is 11.2. The number of ether oxygens (including phenoxy) is 1. The highest BCUT2D eigenvalue weighted by molar-refractivity contribution is 5.76. The lowest BCUT2D eigenvalue weighted by Crippen LogP contribution is -2.17. The third kappa shape index (κ3) is 4.41. The van der Waals surface area contributed by atoms with Crippen LogP contribution >= 0.6 is 0 Å². The van der Waals surface area contributed by atoms with Gasteiger partial charge in [0.25, 0.3) is 0 Å². The molecule has 1 nitrogen and oxygen atoms in total. The van der Waals surface area contributed by atoms with Gasteiger partial charge < -0.3 is 4.74 Å². The van der Waals surface area contributed by atoms with Crippen LogP contribution in [0, 0.1) is 11.6 Å². The van der Waals surface area contributed by atoms with E-state index in [1.807, 2.05) is 25.1 Å². The SMILES string of the molecule is C=CCCc1ccc(OCc2ccc3c(c2F)C(F)C(F)c2c-3ccc(CCC)c2F)cc1. The number of halogens is 4. The Morgan fingerprint density at radius 1 is 0.818 bits per heavy atom. The predicted molar refractivity (Wildman–Crippen MR) is 123 cm³/mol. The summed E-state index contributed by atoms with van der Waals surface area (Å²) in [5.41, 5.74) is 1.27. The maximum Gasteiger partial charge on any atom is 0.164 e. The summed E-state index contributed by atoms with van der Waals surface area (Å²) in [6.45, 7) is 5.45. The average Bonchev–Trinajstić information content (AvgIpc) is 2.82. The summed E-state index contributed by atoms with van der Waals surface area (Å²) in [7, 11) is 0. The summed E-state index contributed by atoms with van der Waals surface area (Å²) < 4.78 is 66.0. The summed E-state index contributed by atoms with van der Waals surface area (Å²) in [4.78, 5) is 0. The van der Waals surface area contributed by atoms with E-state index in [1.54, 1.807) is 24.3 Å². The van der Waals surface area contributed by atoms with E-state index in [0.717, 1.165) is 18.4 Å². The van der Waals surface area contributed by atoms with Crippen LogP contribution in [0.25, 0.3) is 11.1 Å². The molecule has 0 amide bonds. The van der Waals surface area contributed by atoms with Gasteiger partial charge in [-0.2, -0.15) is 0 Å². The molecule has 4 rings (SSSR count). The van der Waals surface area contributed by atoms with Crippen LogP contribution in [0.15, 0.2) is 61.2 Å². The van der Waals surface area contributed by atoms with Crippen LogP contribution in [0.2, 0.25) is 0 Å². The highest BCUT2D eigenvalue weighted by atomic mass is 19.2. The predicted octanol–water partition coefficient (Wildman–Crippen LogP) is 8.32. The van der Waals surface area contributed by atoms with Crippen molar-refractivity contribution in [1.82, 2.24) is 0 Å². The molecule has 0 radical (unpaired) electrons. The van der Waals surface area contributed by atoms with Gasteiger partial charge >= 0.3 is 0 Å². The lowest BCUT2D eigenvalue weighted by atomic mass is 9.81. The quantitative estimate of drug-likeness (QED) is 0.246. The Bertz CT molecular complexity index is 1150. The molecule has 2 unspecified atom stereocenters. The van der Waals surface area contributed by atoms with Crippen LogP contribution in [-0.4, -0.2) is 0 Å². The molecule has 172 valence electrons. The van der Waals surface area contributed by atoms with Gasteiger partial charge in [0.2, 0.25) is 0 Å². The highest BCUT2D eigenvalue weighted by Crippen LogP contribution is 2.51. The smallest absolute Gasteiger partial charge is 0.164 e. The molecule has 0 spiro atoms. The Morgan fingerprint density at radius 3 is 1.97 bits per heavy atom. The summed E-state index contributed by atoms with van der Waals surface area (Å²) in [6, 6.07) is 13.6. The van der Waals surface area contributed by atoms with Crippen molar-refractivity contribution in [2.24, 2.45) is 0 Å². The van der Waals surface area contributed by atoms with Gasteiger partial charge in [-0.3, -0.25) is 0 Å². The average molecular weight is 455 g/mol. The molecule has 0 aromatic heterocycles. The van der Waals surface area contributed by atoms with Crippen LogP contribution in [-0.2, 0) is 19.4 Å². The minimum Gasteiger partial charge on any atom is -0.489 e. The number of rotatable bonds is 8. The van der Waals surface area contributed by atoms with Crippen LogP contribution < -0.4 is 4.74 Å². The Kier molecular flexibility index (Phi) is 6.87. The molecule has 1 aliphatic carbocycles. The standard InChI is InChI=1S/C28H26F4O/c1-3-5-7-17-8-12-20(13-9-17)33-16-19-11-15-22-21-14-10-18(6-4-2)25(29)23(21)27(31)28(32)24(22)26(19)30/h3,8-15,27-28H,1,4-7,16H2,2H3. The van der Waals surface area contributed by atoms with E-state index in [-0.39, 0.29) is 34.4 Å². The van der Waals surface area contributed by atoms with Gasteiger partial charge in [-0.1, -0.05) is 55.8 Å². The normalized spacial score (nSPS) is 16.8. The van der Waals surface area contributed by atoms with E-state index in [4.69, 9.17) is 4.74 Å². The monoisotopic (exact) mass is 454 g/mol. The van der Waals surface area contributed by atoms with Gasteiger partial charge in [-0.25, -0.2) is 17.6 Å². The first kappa shape index (κ1) is 23.1. The first-order chi connectivity index (χ1) is 16.0. The molecule has 0 fully saturated rings. The van der Waals surface area contributed by atoms with Crippen molar-refractivity contribution < 1.29 is 22.3 Å². The molecule has 0 saturated heterocycles. The zero-order chi connectivity index (χ0) is 23.5. The molecule has 1 aliphatic rings. The van der Waals surface area contributed by atoms with Crippen molar-refractivity contribution in [2.45, 2.75) is 51.6 Å². The number of alkyl halides is 2. The second-order valence-corrected chi connectivity index (χ2v) is 8.31. The Labute approximate surface area is 191 Å². The van der Waals surface area contributed by atoms with Gasteiger partial charge in [0.15, 0.2) is 12.3 Å². The maximum absolute atomic E-state index is 15.3. The van der Waals surface area contributed by atoms with Crippen molar-refractivity contribution >= 4 is 0 Å². The lowest BCUT2D eigenvalue weighted by Gasteiger charge is -2.28. The van der Waals surface area contributed by atoms with Gasteiger partial charge in [0.05, 0.1) is 0 Å². The third-order valence-corrected chi connectivity index (χ3v) is 6.09. The molecular weight excluding hydrogens is 428 g/mol. The highest BCUT2D eigenvalue weighted by Gasteiger charge is 2.39. The molecule has 0 heterocycles. The minimum atomic E-state index is -2.29. The molecule has 0 bridgehead atoms. The third-order valence-electron chi connectivity index (χ3n) is 6.09. The van der Waals surface area contributed by atoms with Gasteiger partial charge in [0, 0.05) is 16.7 Å². The summed E-state index contributed by atoms with van der Waals surface area (Å²) in [5, 5.41) is 0. The minimum absolute atomic E-state index is 0.117. The molecular formula is C28H26F4O. The first-order valence-electron chi connectivity index (χ1n) is 11.2. The number of allylic oxidation sites excluding steroid dienone is 1. The second kappa shape index (κ2) is 9.82. The fraction of sp³-hybridized carbons (Fsp3) is 0.286. The van der Waals surface area contributed by atoms with Crippen molar-refractivity contribution in [2.75, 3.05) is 0 Å². The Hall–Kier alpha value is -3.08. The largest absolute Gasteiger partial charge is 0.489 e. The van der Waals surface area contributed by atoms with Gasteiger partial charge in [-0.15, -0.1) is 6.58 Å². The van der Waals surface area contributed by atoms with Gasteiger partial charge in [0.1, 0.15) is 24.0 Å². The van der Waals surface area contributed by atoms with Crippen molar-refractivity contribution in [3.63, 3.8) is 0 Å². The lowest BCUT2D eigenvalue weighted by molar-refractivity contribution is 0.159. The second-order valence-electron chi connectivity index (χ2n) is 8.31. The molecule has 3 aromatic carbocycles. The number of benzene rings is 3. The van der Waals surface area contributed by atoms with Crippen molar-refractivity contribution in [3.8, 4) is 16.9 Å². The van der Waals surface area contributed by atoms with E-state index < -0.39 is 24.0 Å². The van der Waals surface area contributed by atoms with Crippen molar-refractivity contribution in [1.29, 1.82) is 0 Å². The van der Waals surface area contributed by atoms with Gasteiger partial charge in [-0.05, 0) is 53.6 Å². The molecule has 0 aliphatic heterocycles. The summed E-state index contributed by atoms with van der Waals surface area (Å²) in [5.74, 6) is -1.04. The van der Waals surface area contributed by atoms with E-state index >= 15 is 8.78 Å². The Balaban J connectivity index is 1.61. The molecule has 3 aromatic rings. The number of hydrogen-bond donors (Lipinski definition) is 0. The molecule has 0 saturated carbocycles.